The highest BCUT2D eigenvalue weighted by molar-refractivity contribution is 5.96. The van der Waals surface area contributed by atoms with E-state index >= 15 is 0 Å². The summed E-state index contributed by atoms with van der Waals surface area (Å²) in [5.74, 6) is 0.587. The second kappa shape index (κ2) is 8.96. The molecular weight excluding hydrogens is 302 g/mol. The van der Waals surface area contributed by atoms with Crippen molar-refractivity contribution in [2.45, 2.75) is 26.7 Å². The van der Waals surface area contributed by atoms with Crippen LogP contribution in [0.15, 0.2) is 42.5 Å². The molecule has 0 heterocycles. The van der Waals surface area contributed by atoms with Crippen molar-refractivity contribution in [3.05, 3.63) is 59.2 Å². The fourth-order valence-corrected chi connectivity index (χ4v) is 2.45. The standard InChI is InChI=1S/C20H25NO3/c1-15-9-11-17(12-10-15)24-14-5-4-13-21-19-16(2)7-6-8-18(19)20(22)23-3/h6-12,21H,4-5,13-14H2,1-3H3. The van der Waals surface area contributed by atoms with E-state index in [1.807, 2.05) is 43.3 Å². The number of nitrogens with one attached hydrogen (secondary N) is 1. The lowest BCUT2D eigenvalue weighted by atomic mass is 10.1. The Bertz CT molecular complexity index is 665. The van der Waals surface area contributed by atoms with Crippen molar-refractivity contribution in [2.24, 2.45) is 0 Å². The molecule has 0 aliphatic carbocycles. The Morgan fingerprint density at radius 2 is 1.79 bits per heavy atom. The Morgan fingerprint density at radius 1 is 1.04 bits per heavy atom. The minimum atomic E-state index is -0.316. The van der Waals surface area contributed by atoms with E-state index in [1.165, 1.54) is 12.7 Å². The highest BCUT2D eigenvalue weighted by Gasteiger charge is 2.12. The van der Waals surface area contributed by atoms with Crippen LogP contribution in [0.4, 0.5) is 5.69 Å². The SMILES string of the molecule is COC(=O)c1cccc(C)c1NCCCCOc1ccc(C)cc1. The Labute approximate surface area is 143 Å². The van der Waals surface area contributed by atoms with E-state index < -0.39 is 0 Å². The summed E-state index contributed by atoms with van der Waals surface area (Å²) >= 11 is 0. The largest absolute Gasteiger partial charge is 0.494 e. The van der Waals surface area contributed by atoms with Gasteiger partial charge in [0.25, 0.3) is 0 Å². The fraction of sp³-hybridized carbons (Fsp3) is 0.350. The van der Waals surface area contributed by atoms with E-state index in [0.717, 1.165) is 36.4 Å². The maximum Gasteiger partial charge on any atom is 0.339 e. The van der Waals surface area contributed by atoms with Gasteiger partial charge < -0.3 is 14.8 Å². The summed E-state index contributed by atoms with van der Waals surface area (Å²) in [6.07, 6.45) is 1.90. The molecule has 0 bridgehead atoms. The van der Waals surface area contributed by atoms with Gasteiger partial charge >= 0.3 is 5.97 Å². The fourth-order valence-electron chi connectivity index (χ4n) is 2.45. The molecule has 0 atom stereocenters. The first-order valence-corrected chi connectivity index (χ1v) is 8.23. The highest BCUT2D eigenvalue weighted by atomic mass is 16.5. The summed E-state index contributed by atoms with van der Waals surface area (Å²) in [5, 5.41) is 3.35. The molecule has 0 amide bonds. The summed E-state index contributed by atoms with van der Waals surface area (Å²) in [6, 6.07) is 13.7. The van der Waals surface area contributed by atoms with Crippen molar-refractivity contribution in [2.75, 3.05) is 25.6 Å². The smallest absolute Gasteiger partial charge is 0.339 e. The number of anilines is 1. The van der Waals surface area contributed by atoms with Crippen LogP contribution in [0.1, 0.15) is 34.3 Å². The number of carbonyl (C=O) groups excluding carboxylic acids is 1. The van der Waals surface area contributed by atoms with Gasteiger partial charge in [0.05, 0.1) is 25.0 Å². The Kier molecular flexibility index (Phi) is 6.67. The van der Waals surface area contributed by atoms with E-state index in [9.17, 15) is 4.79 Å². The van der Waals surface area contributed by atoms with E-state index in [-0.39, 0.29) is 5.97 Å². The first-order chi connectivity index (χ1) is 11.6. The third-order valence-corrected chi connectivity index (χ3v) is 3.84. The lowest BCUT2D eigenvalue weighted by Crippen LogP contribution is -2.11. The number of esters is 1. The minimum Gasteiger partial charge on any atom is -0.494 e. The van der Waals surface area contributed by atoms with Crippen LogP contribution in [0.2, 0.25) is 0 Å². The maximum absolute atomic E-state index is 11.8. The normalized spacial score (nSPS) is 10.3. The predicted octanol–water partition coefficient (Wildman–Crippen LogP) is 4.36. The molecule has 0 unspecified atom stereocenters. The molecule has 2 aromatic rings. The van der Waals surface area contributed by atoms with Crippen molar-refractivity contribution < 1.29 is 14.3 Å². The third kappa shape index (κ3) is 5.01. The van der Waals surface area contributed by atoms with E-state index in [2.05, 4.69) is 12.2 Å². The van der Waals surface area contributed by atoms with Gasteiger partial charge in [-0.2, -0.15) is 0 Å². The first kappa shape index (κ1) is 17.9. The molecule has 24 heavy (non-hydrogen) atoms. The second-order valence-corrected chi connectivity index (χ2v) is 5.78. The molecule has 4 nitrogen and oxygen atoms in total. The molecule has 0 aromatic heterocycles. The summed E-state index contributed by atoms with van der Waals surface area (Å²) in [5.41, 5.74) is 3.69. The van der Waals surface area contributed by atoms with Gasteiger partial charge in [-0.25, -0.2) is 4.79 Å². The number of aryl methyl sites for hydroxylation is 2. The second-order valence-electron chi connectivity index (χ2n) is 5.78. The number of carbonyl (C=O) groups is 1. The highest BCUT2D eigenvalue weighted by Crippen LogP contribution is 2.21. The zero-order valence-electron chi connectivity index (χ0n) is 14.6. The zero-order chi connectivity index (χ0) is 17.4. The molecule has 2 rings (SSSR count). The van der Waals surface area contributed by atoms with Crippen LogP contribution in [0.25, 0.3) is 0 Å². The quantitative estimate of drug-likeness (QED) is 0.578. The van der Waals surface area contributed by atoms with Crippen molar-refractivity contribution in [3.8, 4) is 5.75 Å². The number of unbranched alkanes of at least 4 members (excludes halogenated alkanes) is 1. The number of methoxy groups -OCH3 is 1. The summed E-state index contributed by atoms with van der Waals surface area (Å²) < 4.78 is 10.5. The summed E-state index contributed by atoms with van der Waals surface area (Å²) in [4.78, 5) is 11.8. The van der Waals surface area contributed by atoms with Gasteiger partial charge in [-0.1, -0.05) is 29.8 Å². The third-order valence-electron chi connectivity index (χ3n) is 3.84. The van der Waals surface area contributed by atoms with Crippen molar-refractivity contribution in [1.82, 2.24) is 0 Å². The number of para-hydroxylation sites is 1. The molecule has 2 aromatic carbocycles. The first-order valence-electron chi connectivity index (χ1n) is 8.23. The molecular formula is C20H25NO3. The molecule has 0 fully saturated rings. The van der Waals surface area contributed by atoms with Crippen LogP contribution >= 0.6 is 0 Å². The topological polar surface area (TPSA) is 47.6 Å². The van der Waals surface area contributed by atoms with Crippen LogP contribution < -0.4 is 10.1 Å². The lowest BCUT2D eigenvalue weighted by molar-refractivity contribution is 0.0601. The van der Waals surface area contributed by atoms with Crippen LogP contribution in [-0.4, -0.2) is 26.2 Å². The molecule has 0 spiro atoms. The Balaban J connectivity index is 1.76. The summed E-state index contributed by atoms with van der Waals surface area (Å²) in [6.45, 7) is 5.51. The number of hydrogen-bond acceptors (Lipinski definition) is 4. The number of rotatable bonds is 8. The zero-order valence-corrected chi connectivity index (χ0v) is 14.6. The number of benzene rings is 2. The molecule has 0 aliphatic heterocycles. The average molecular weight is 327 g/mol. The van der Waals surface area contributed by atoms with Gasteiger partial charge in [0.2, 0.25) is 0 Å². The lowest BCUT2D eigenvalue weighted by Gasteiger charge is -2.13. The van der Waals surface area contributed by atoms with Gasteiger partial charge in [0.1, 0.15) is 5.75 Å². The minimum absolute atomic E-state index is 0.316. The molecule has 0 radical (unpaired) electrons. The van der Waals surface area contributed by atoms with Gasteiger partial charge in [0, 0.05) is 6.54 Å². The number of hydrogen-bond donors (Lipinski definition) is 1. The van der Waals surface area contributed by atoms with Crippen LogP contribution in [0.5, 0.6) is 5.75 Å². The Hall–Kier alpha value is -2.49. The maximum atomic E-state index is 11.8. The Morgan fingerprint density at radius 3 is 2.50 bits per heavy atom. The van der Waals surface area contributed by atoms with Crippen molar-refractivity contribution in [3.63, 3.8) is 0 Å². The van der Waals surface area contributed by atoms with E-state index in [4.69, 9.17) is 9.47 Å². The van der Waals surface area contributed by atoms with E-state index in [1.54, 1.807) is 6.07 Å². The predicted molar refractivity (Wildman–Crippen MR) is 96.9 cm³/mol. The van der Waals surface area contributed by atoms with Crippen LogP contribution in [0, 0.1) is 13.8 Å². The molecule has 128 valence electrons. The van der Waals surface area contributed by atoms with Crippen molar-refractivity contribution in [1.29, 1.82) is 0 Å². The van der Waals surface area contributed by atoms with Crippen molar-refractivity contribution >= 4 is 11.7 Å². The molecule has 0 saturated heterocycles. The van der Waals surface area contributed by atoms with Crippen LogP contribution in [0.3, 0.4) is 0 Å². The summed E-state index contributed by atoms with van der Waals surface area (Å²) in [7, 11) is 1.40. The van der Waals surface area contributed by atoms with E-state index in [0.29, 0.717) is 12.2 Å². The molecule has 0 saturated carbocycles. The molecule has 0 aliphatic rings. The van der Waals surface area contributed by atoms with Gasteiger partial charge in [-0.3, -0.25) is 0 Å². The van der Waals surface area contributed by atoms with Crippen LogP contribution in [-0.2, 0) is 4.74 Å². The molecule has 4 heteroatoms. The van der Waals surface area contributed by atoms with Gasteiger partial charge in [-0.05, 0) is 50.5 Å². The monoisotopic (exact) mass is 327 g/mol. The average Bonchev–Trinajstić information content (AvgIpc) is 2.59. The molecule has 1 N–H and O–H groups in total. The van der Waals surface area contributed by atoms with Gasteiger partial charge in [-0.15, -0.1) is 0 Å². The van der Waals surface area contributed by atoms with Gasteiger partial charge in [0.15, 0.2) is 0 Å². The number of ether oxygens (including phenoxy) is 2.